The van der Waals surface area contributed by atoms with Crippen LogP contribution in [0.1, 0.15) is 19.3 Å². The minimum absolute atomic E-state index is 0.0176. The van der Waals surface area contributed by atoms with Gasteiger partial charge in [0, 0.05) is 43.0 Å². The number of halogens is 2. The molecule has 0 bridgehead atoms. The quantitative estimate of drug-likeness (QED) is 0.741. The highest BCUT2D eigenvalue weighted by Gasteiger charge is 2.38. The molecule has 0 saturated carbocycles. The van der Waals surface area contributed by atoms with Crippen molar-refractivity contribution in [3.8, 4) is 5.75 Å². The van der Waals surface area contributed by atoms with Crippen LogP contribution >= 0.6 is 0 Å². The van der Waals surface area contributed by atoms with Gasteiger partial charge in [0.1, 0.15) is 11.7 Å². The highest BCUT2D eigenvalue weighted by Crippen LogP contribution is 2.34. The molecule has 2 fully saturated rings. The molecule has 1 N–H and O–H groups in total. The molecule has 3 amide bonds. The third kappa shape index (κ3) is 3.95. The molecule has 2 aliphatic rings. The molecule has 9 heteroatoms. The highest BCUT2D eigenvalue weighted by atomic mass is 19.2. The van der Waals surface area contributed by atoms with Gasteiger partial charge in [0.15, 0.2) is 11.6 Å². The molecule has 1 unspecified atom stereocenters. The molecule has 2 aromatic rings. The van der Waals surface area contributed by atoms with Crippen LogP contribution in [0, 0.1) is 17.6 Å². The van der Waals surface area contributed by atoms with Gasteiger partial charge in [0.25, 0.3) is 0 Å². The summed E-state index contributed by atoms with van der Waals surface area (Å²) in [6.45, 7) is 0.832. The number of nitrogens with one attached hydrogen (secondary N) is 1. The van der Waals surface area contributed by atoms with Crippen molar-refractivity contribution in [3.05, 3.63) is 48.0 Å². The summed E-state index contributed by atoms with van der Waals surface area (Å²) in [7, 11) is 1.48. The molecular weight excluding hydrogens is 408 g/mol. The molecular formula is C22H21F2N3O4. The molecule has 4 rings (SSSR count). The number of carbonyl (C=O) groups excluding carboxylic acids is 3. The van der Waals surface area contributed by atoms with Crippen molar-refractivity contribution in [1.29, 1.82) is 0 Å². The molecule has 0 spiro atoms. The van der Waals surface area contributed by atoms with Crippen molar-refractivity contribution in [3.63, 3.8) is 0 Å². The van der Waals surface area contributed by atoms with Crippen LogP contribution in [0.15, 0.2) is 36.4 Å². The molecule has 0 radical (unpaired) electrons. The second-order valence-electron chi connectivity index (χ2n) is 7.45. The second kappa shape index (κ2) is 8.33. The van der Waals surface area contributed by atoms with Crippen molar-refractivity contribution in [1.82, 2.24) is 0 Å². The molecule has 2 aromatic carbocycles. The van der Waals surface area contributed by atoms with Crippen LogP contribution in [0.3, 0.4) is 0 Å². The van der Waals surface area contributed by atoms with Crippen LogP contribution < -0.4 is 19.9 Å². The maximum absolute atomic E-state index is 13.5. The third-order valence-corrected chi connectivity index (χ3v) is 5.55. The molecule has 2 heterocycles. The number of rotatable bonds is 5. The maximum Gasteiger partial charge on any atom is 0.239 e. The standard InChI is InChI=1S/C22H21F2N3O4/c1-31-19-11-13(4-7-18(19)27-9-2-3-20(27)28)25-21(29)15-8-10-26(22(15)30)14-5-6-16(23)17(24)12-14/h4-7,11-12,15H,2-3,8-10H2,1H3,(H,25,29). The van der Waals surface area contributed by atoms with E-state index < -0.39 is 29.4 Å². The third-order valence-electron chi connectivity index (χ3n) is 5.55. The van der Waals surface area contributed by atoms with E-state index in [2.05, 4.69) is 5.32 Å². The topological polar surface area (TPSA) is 79.0 Å². The number of anilines is 3. The molecule has 7 nitrogen and oxygen atoms in total. The van der Waals surface area contributed by atoms with E-state index in [1.807, 2.05) is 0 Å². The van der Waals surface area contributed by atoms with E-state index in [1.54, 1.807) is 23.1 Å². The van der Waals surface area contributed by atoms with Crippen molar-refractivity contribution in [2.75, 3.05) is 35.3 Å². The maximum atomic E-state index is 13.5. The van der Waals surface area contributed by atoms with Crippen molar-refractivity contribution >= 4 is 34.8 Å². The van der Waals surface area contributed by atoms with Gasteiger partial charge in [-0.05, 0) is 37.1 Å². The van der Waals surface area contributed by atoms with Crippen LogP contribution in [0.5, 0.6) is 5.75 Å². The van der Waals surface area contributed by atoms with Gasteiger partial charge in [0.2, 0.25) is 17.7 Å². The predicted molar refractivity (Wildman–Crippen MR) is 110 cm³/mol. The number of hydrogen-bond donors (Lipinski definition) is 1. The fourth-order valence-electron chi connectivity index (χ4n) is 3.94. The zero-order valence-electron chi connectivity index (χ0n) is 16.9. The molecule has 1 atom stereocenters. The zero-order valence-corrected chi connectivity index (χ0v) is 16.9. The van der Waals surface area contributed by atoms with E-state index in [9.17, 15) is 23.2 Å². The van der Waals surface area contributed by atoms with Gasteiger partial charge in [-0.3, -0.25) is 14.4 Å². The molecule has 0 aliphatic carbocycles. The summed E-state index contributed by atoms with van der Waals surface area (Å²) in [5, 5.41) is 2.71. The van der Waals surface area contributed by atoms with Crippen molar-refractivity contribution in [2.24, 2.45) is 5.92 Å². The minimum atomic E-state index is -1.05. The van der Waals surface area contributed by atoms with E-state index in [0.717, 1.165) is 18.6 Å². The van der Waals surface area contributed by atoms with Crippen LogP contribution in [0.2, 0.25) is 0 Å². The Balaban J connectivity index is 1.47. The van der Waals surface area contributed by atoms with Crippen LogP contribution in [-0.2, 0) is 14.4 Å². The van der Waals surface area contributed by atoms with E-state index in [1.165, 1.54) is 18.1 Å². The summed E-state index contributed by atoms with van der Waals surface area (Å²) in [5.74, 6) is -3.52. The first-order valence-electron chi connectivity index (χ1n) is 9.94. The van der Waals surface area contributed by atoms with E-state index in [-0.39, 0.29) is 24.6 Å². The molecule has 2 saturated heterocycles. The minimum Gasteiger partial charge on any atom is -0.494 e. The summed E-state index contributed by atoms with van der Waals surface area (Å²) >= 11 is 0. The summed E-state index contributed by atoms with van der Waals surface area (Å²) < 4.78 is 32.1. The predicted octanol–water partition coefficient (Wildman–Crippen LogP) is 3.09. The van der Waals surface area contributed by atoms with Gasteiger partial charge in [-0.2, -0.15) is 0 Å². The van der Waals surface area contributed by atoms with Gasteiger partial charge in [-0.1, -0.05) is 0 Å². The number of methoxy groups -OCH3 is 1. The molecule has 2 aliphatic heterocycles. The number of benzene rings is 2. The first kappa shape index (κ1) is 20.8. The summed E-state index contributed by atoms with van der Waals surface area (Å²) in [5.41, 5.74) is 1.27. The number of carbonyl (C=O) groups is 3. The van der Waals surface area contributed by atoms with Crippen molar-refractivity contribution < 1.29 is 27.9 Å². The Bertz CT molecular complexity index is 1060. The van der Waals surface area contributed by atoms with Crippen LogP contribution in [0.4, 0.5) is 25.8 Å². The van der Waals surface area contributed by atoms with E-state index >= 15 is 0 Å². The average molecular weight is 429 g/mol. The van der Waals surface area contributed by atoms with Gasteiger partial charge in [-0.15, -0.1) is 0 Å². The van der Waals surface area contributed by atoms with E-state index in [4.69, 9.17) is 4.74 Å². The van der Waals surface area contributed by atoms with Gasteiger partial charge < -0.3 is 19.9 Å². The molecule has 162 valence electrons. The fourth-order valence-corrected chi connectivity index (χ4v) is 3.94. The Morgan fingerprint density at radius 3 is 2.55 bits per heavy atom. The lowest BCUT2D eigenvalue weighted by Gasteiger charge is -2.20. The Morgan fingerprint density at radius 1 is 1.06 bits per heavy atom. The van der Waals surface area contributed by atoms with Gasteiger partial charge >= 0.3 is 0 Å². The first-order valence-corrected chi connectivity index (χ1v) is 9.94. The number of amides is 3. The lowest BCUT2D eigenvalue weighted by Crippen LogP contribution is -2.33. The Morgan fingerprint density at radius 2 is 1.87 bits per heavy atom. The largest absolute Gasteiger partial charge is 0.494 e. The SMILES string of the molecule is COc1cc(NC(=O)C2CCN(c3ccc(F)c(F)c3)C2=O)ccc1N1CCCC1=O. The fraction of sp³-hybridized carbons (Fsp3) is 0.318. The number of nitrogens with zero attached hydrogens (tertiary/aromatic N) is 2. The molecule has 0 aromatic heterocycles. The number of hydrogen-bond acceptors (Lipinski definition) is 4. The van der Waals surface area contributed by atoms with Crippen molar-refractivity contribution in [2.45, 2.75) is 19.3 Å². The lowest BCUT2D eigenvalue weighted by atomic mass is 10.1. The van der Waals surface area contributed by atoms with E-state index in [0.29, 0.717) is 30.1 Å². The highest BCUT2D eigenvalue weighted by molar-refractivity contribution is 6.13. The average Bonchev–Trinajstić information content (AvgIpc) is 3.35. The zero-order chi connectivity index (χ0) is 22.1. The summed E-state index contributed by atoms with van der Waals surface area (Å²) in [6, 6.07) is 8.14. The summed E-state index contributed by atoms with van der Waals surface area (Å²) in [6.07, 6.45) is 1.51. The monoisotopic (exact) mass is 429 g/mol. The second-order valence-corrected chi connectivity index (χ2v) is 7.45. The smallest absolute Gasteiger partial charge is 0.239 e. The Hall–Kier alpha value is -3.49. The molecule has 31 heavy (non-hydrogen) atoms. The van der Waals surface area contributed by atoms with Gasteiger partial charge in [0.05, 0.1) is 12.8 Å². The number of ether oxygens (including phenoxy) is 1. The van der Waals surface area contributed by atoms with Gasteiger partial charge in [-0.25, -0.2) is 8.78 Å². The summed E-state index contributed by atoms with van der Waals surface area (Å²) in [4.78, 5) is 40.4. The van der Waals surface area contributed by atoms with Crippen LogP contribution in [0.25, 0.3) is 0 Å². The Labute approximate surface area is 177 Å². The van der Waals surface area contributed by atoms with Crippen LogP contribution in [-0.4, -0.2) is 37.9 Å². The first-order chi connectivity index (χ1) is 14.9. The lowest BCUT2D eigenvalue weighted by molar-refractivity contribution is -0.129. The normalized spacial score (nSPS) is 18.6. The Kier molecular flexibility index (Phi) is 5.58.